The molecule has 0 saturated heterocycles. The maximum Gasteiger partial charge on any atom is 0.256 e. The van der Waals surface area contributed by atoms with Gasteiger partial charge in [-0.25, -0.2) is 0 Å². The summed E-state index contributed by atoms with van der Waals surface area (Å²) in [5.74, 6) is 0.928. The zero-order valence-corrected chi connectivity index (χ0v) is 16.2. The molecule has 1 saturated carbocycles. The normalized spacial score (nSPS) is 24.6. The highest BCUT2D eigenvalue weighted by Crippen LogP contribution is 2.36. The Kier molecular flexibility index (Phi) is 7.11. The van der Waals surface area contributed by atoms with E-state index in [-0.39, 0.29) is 12.0 Å². The van der Waals surface area contributed by atoms with Crippen molar-refractivity contribution >= 4 is 23.2 Å². The van der Waals surface area contributed by atoms with Crippen LogP contribution in [0.2, 0.25) is 5.02 Å². The maximum absolute atomic E-state index is 12.8. The lowest BCUT2D eigenvalue weighted by Crippen LogP contribution is -2.47. The number of anilines is 1. The summed E-state index contributed by atoms with van der Waals surface area (Å²) < 4.78 is 16.4. The molecular formula is C19H28ClNO4. The van der Waals surface area contributed by atoms with Crippen LogP contribution in [-0.2, 0) is 14.3 Å². The number of hydrogen-bond donors (Lipinski definition) is 1. The fourth-order valence-electron chi connectivity index (χ4n) is 3.39. The van der Waals surface area contributed by atoms with Gasteiger partial charge in [-0.2, -0.15) is 0 Å². The van der Waals surface area contributed by atoms with Gasteiger partial charge in [0, 0.05) is 19.9 Å². The average Bonchev–Trinajstić information content (AvgIpc) is 2.57. The summed E-state index contributed by atoms with van der Waals surface area (Å²) in [5, 5.41) is 3.39. The van der Waals surface area contributed by atoms with Crippen molar-refractivity contribution in [2.75, 3.05) is 26.1 Å². The molecule has 25 heavy (non-hydrogen) atoms. The van der Waals surface area contributed by atoms with Gasteiger partial charge in [-0.05, 0) is 50.3 Å². The van der Waals surface area contributed by atoms with E-state index in [9.17, 15) is 4.79 Å². The van der Waals surface area contributed by atoms with Gasteiger partial charge in [0.25, 0.3) is 5.91 Å². The highest BCUT2D eigenvalue weighted by molar-refractivity contribution is 6.32. The lowest BCUT2D eigenvalue weighted by Gasteiger charge is -2.37. The highest BCUT2D eigenvalue weighted by Gasteiger charge is 2.42. The molecule has 1 aromatic carbocycles. The molecule has 0 bridgehead atoms. The molecular weight excluding hydrogens is 342 g/mol. The number of benzene rings is 1. The molecule has 1 fully saturated rings. The summed E-state index contributed by atoms with van der Waals surface area (Å²) in [6, 6.07) is 5.24. The number of amides is 1. The Labute approximate surface area is 155 Å². The Hall–Kier alpha value is -1.30. The topological polar surface area (TPSA) is 56.8 Å². The minimum absolute atomic E-state index is 0.108. The van der Waals surface area contributed by atoms with Gasteiger partial charge in [-0.1, -0.05) is 24.9 Å². The van der Waals surface area contributed by atoms with Gasteiger partial charge in [-0.15, -0.1) is 0 Å². The summed E-state index contributed by atoms with van der Waals surface area (Å²) in [7, 11) is 3.23. The van der Waals surface area contributed by atoms with Crippen LogP contribution in [0.1, 0.15) is 39.5 Å². The minimum atomic E-state index is -0.758. The second kappa shape index (κ2) is 8.88. The third-order valence-electron chi connectivity index (χ3n) is 4.68. The zero-order valence-electron chi connectivity index (χ0n) is 15.4. The van der Waals surface area contributed by atoms with E-state index >= 15 is 0 Å². The van der Waals surface area contributed by atoms with Crippen molar-refractivity contribution in [3.63, 3.8) is 0 Å². The Morgan fingerprint density at radius 3 is 2.80 bits per heavy atom. The molecule has 6 heteroatoms. The molecule has 0 spiro atoms. The van der Waals surface area contributed by atoms with E-state index in [1.54, 1.807) is 32.4 Å². The third kappa shape index (κ3) is 5.09. The fraction of sp³-hybridized carbons (Fsp3) is 0.632. The van der Waals surface area contributed by atoms with Gasteiger partial charge < -0.3 is 19.5 Å². The van der Waals surface area contributed by atoms with Crippen LogP contribution in [0.15, 0.2) is 18.2 Å². The molecule has 1 aliphatic rings. The lowest BCUT2D eigenvalue weighted by atomic mass is 9.78. The van der Waals surface area contributed by atoms with Crippen LogP contribution in [-0.4, -0.2) is 38.4 Å². The number of ether oxygens (including phenoxy) is 3. The molecule has 0 aliphatic heterocycles. The standard InChI is InChI=1S/C19H28ClNO4/c1-13-6-5-9-19(11-13,24-4)18(22)21-15-7-8-17(16(20)10-15)25-14(2)12-23-3/h7-8,10,13-14H,5-6,9,11-12H2,1-4H3,(H,21,22)/t13-,14+,19-/m1/s1. The predicted molar refractivity (Wildman–Crippen MR) is 99.4 cm³/mol. The van der Waals surface area contributed by atoms with Crippen molar-refractivity contribution in [3.8, 4) is 5.75 Å². The lowest BCUT2D eigenvalue weighted by molar-refractivity contribution is -0.143. The molecule has 140 valence electrons. The van der Waals surface area contributed by atoms with Crippen LogP contribution in [0.3, 0.4) is 0 Å². The van der Waals surface area contributed by atoms with Crippen molar-refractivity contribution in [2.45, 2.75) is 51.2 Å². The quantitative estimate of drug-likeness (QED) is 0.779. The second-order valence-electron chi connectivity index (χ2n) is 6.88. The smallest absolute Gasteiger partial charge is 0.256 e. The predicted octanol–water partition coefficient (Wildman–Crippen LogP) is 4.29. The molecule has 2 rings (SSSR count). The molecule has 1 amide bonds. The molecule has 0 heterocycles. The van der Waals surface area contributed by atoms with E-state index in [2.05, 4.69) is 12.2 Å². The maximum atomic E-state index is 12.8. The first-order valence-corrected chi connectivity index (χ1v) is 9.09. The monoisotopic (exact) mass is 369 g/mol. The van der Waals surface area contributed by atoms with Gasteiger partial charge in [0.1, 0.15) is 17.5 Å². The first kappa shape index (κ1) is 20.0. The van der Waals surface area contributed by atoms with Crippen molar-refractivity contribution in [2.24, 2.45) is 5.92 Å². The van der Waals surface area contributed by atoms with Gasteiger partial charge in [0.15, 0.2) is 0 Å². The highest BCUT2D eigenvalue weighted by atomic mass is 35.5. The number of methoxy groups -OCH3 is 2. The largest absolute Gasteiger partial charge is 0.487 e. The number of nitrogens with one attached hydrogen (secondary N) is 1. The van der Waals surface area contributed by atoms with Crippen LogP contribution < -0.4 is 10.1 Å². The molecule has 0 unspecified atom stereocenters. The number of carbonyl (C=O) groups is 1. The summed E-state index contributed by atoms with van der Waals surface area (Å²) in [6.45, 7) is 4.54. The average molecular weight is 370 g/mol. The summed E-state index contributed by atoms with van der Waals surface area (Å²) in [4.78, 5) is 12.8. The van der Waals surface area contributed by atoms with Gasteiger partial charge in [0.05, 0.1) is 11.6 Å². The molecule has 5 nitrogen and oxygen atoms in total. The van der Waals surface area contributed by atoms with E-state index in [1.807, 2.05) is 6.92 Å². The first-order chi connectivity index (χ1) is 11.9. The van der Waals surface area contributed by atoms with Crippen LogP contribution in [0.5, 0.6) is 5.75 Å². The van der Waals surface area contributed by atoms with Crippen molar-refractivity contribution in [1.29, 1.82) is 0 Å². The Morgan fingerprint density at radius 1 is 1.44 bits per heavy atom. The molecule has 1 N–H and O–H groups in total. The van der Waals surface area contributed by atoms with Crippen LogP contribution in [0.25, 0.3) is 0 Å². The second-order valence-corrected chi connectivity index (χ2v) is 7.29. The SMILES string of the molecule is COC[C@H](C)Oc1ccc(NC(=O)[C@@]2(OC)CCC[C@@H](C)C2)cc1Cl. The van der Waals surface area contributed by atoms with Crippen LogP contribution in [0, 0.1) is 5.92 Å². The number of carbonyl (C=O) groups excluding carboxylic acids is 1. The minimum Gasteiger partial charge on any atom is -0.487 e. The number of halogens is 1. The Bertz CT molecular complexity index is 595. The molecule has 0 aromatic heterocycles. The van der Waals surface area contributed by atoms with E-state index in [0.29, 0.717) is 29.0 Å². The molecule has 3 atom stereocenters. The van der Waals surface area contributed by atoms with E-state index in [0.717, 1.165) is 25.7 Å². The summed E-state index contributed by atoms with van der Waals surface area (Å²) in [5.41, 5.74) is -0.122. The van der Waals surface area contributed by atoms with Crippen molar-refractivity contribution < 1.29 is 19.0 Å². The van der Waals surface area contributed by atoms with E-state index in [4.69, 9.17) is 25.8 Å². The number of rotatable bonds is 7. The molecule has 1 aliphatic carbocycles. The van der Waals surface area contributed by atoms with E-state index < -0.39 is 5.60 Å². The van der Waals surface area contributed by atoms with E-state index in [1.165, 1.54) is 0 Å². The summed E-state index contributed by atoms with van der Waals surface area (Å²) >= 11 is 6.29. The van der Waals surface area contributed by atoms with Crippen LogP contribution in [0.4, 0.5) is 5.69 Å². The molecule has 1 aromatic rings. The zero-order chi connectivity index (χ0) is 18.4. The van der Waals surface area contributed by atoms with Crippen LogP contribution >= 0.6 is 11.6 Å². The van der Waals surface area contributed by atoms with Crippen molar-refractivity contribution in [1.82, 2.24) is 0 Å². The van der Waals surface area contributed by atoms with Crippen molar-refractivity contribution in [3.05, 3.63) is 23.2 Å². The first-order valence-electron chi connectivity index (χ1n) is 8.72. The Morgan fingerprint density at radius 2 is 2.20 bits per heavy atom. The third-order valence-corrected chi connectivity index (χ3v) is 4.97. The fourth-order valence-corrected chi connectivity index (χ4v) is 3.62. The number of hydrogen-bond acceptors (Lipinski definition) is 4. The molecule has 0 radical (unpaired) electrons. The Balaban J connectivity index is 2.06. The summed E-state index contributed by atoms with van der Waals surface area (Å²) in [6.07, 6.45) is 3.49. The van der Waals surface area contributed by atoms with Gasteiger partial charge in [0.2, 0.25) is 0 Å². The van der Waals surface area contributed by atoms with Gasteiger partial charge in [-0.3, -0.25) is 4.79 Å². The van der Waals surface area contributed by atoms with Gasteiger partial charge >= 0.3 is 0 Å².